The van der Waals surface area contributed by atoms with Crippen LogP contribution in [0.25, 0.3) is 0 Å². The van der Waals surface area contributed by atoms with E-state index in [9.17, 15) is 14.4 Å². The lowest BCUT2D eigenvalue weighted by Crippen LogP contribution is -2.38. The van der Waals surface area contributed by atoms with Gasteiger partial charge in [0.15, 0.2) is 0 Å². The highest BCUT2D eigenvalue weighted by Gasteiger charge is 2.17. The van der Waals surface area contributed by atoms with Gasteiger partial charge in [-0.05, 0) is 31.0 Å². The van der Waals surface area contributed by atoms with Gasteiger partial charge in [0.05, 0.1) is 17.3 Å². The number of carboxylic acid groups (broad SMARTS) is 1. The van der Waals surface area contributed by atoms with E-state index in [2.05, 4.69) is 15.7 Å². The highest BCUT2D eigenvalue weighted by Crippen LogP contribution is 2.17. The molecule has 8 nitrogen and oxygen atoms in total. The Kier molecular flexibility index (Phi) is 5.85. The third-order valence-electron chi connectivity index (χ3n) is 4.54. The minimum atomic E-state index is -1.07. The molecule has 3 N–H and O–H groups in total. The molecule has 2 aromatic rings. The van der Waals surface area contributed by atoms with E-state index in [1.54, 1.807) is 12.1 Å². The first-order valence-electron chi connectivity index (χ1n) is 8.98. The van der Waals surface area contributed by atoms with Crippen LogP contribution in [-0.4, -0.2) is 38.7 Å². The average molecular weight is 370 g/mol. The van der Waals surface area contributed by atoms with E-state index in [-0.39, 0.29) is 24.1 Å². The van der Waals surface area contributed by atoms with Gasteiger partial charge in [0.25, 0.3) is 5.91 Å². The van der Waals surface area contributed by atoms with Crippen LogP contribution >= 0.6 is 0 Å². The zero-order chi connectivity index (χ0) is 19.2. The van der Waals surface area contributed by atoms with Gasteiger partial charge in [-0.2, -0.15) is 5.10 Å². The summed E-state index contributed by atoms with van der Waals surface area (Å²) in [4.78, 5) is 35.4. The van der Waals surface area contributed by atoms with E-state index in [1.165, 1.54) is 35.6 Å². The summed E-state index contributed by atoms with van der Waals surface area (Å²) in [6.45, 7) is 0.0538. The van der Waals surface area contributed by atoms with Crippen molar-refractivity contribution in [1.82, 2.24) is 15.1 Å². The third kappa shape index (κ3) is 5.16. The van der Waals surface area contributed by atoms with Crippen molar-refractivity contribution in [2.75, 3.05) is 5.32 Å². The molecule has 1 aliphatic rings. The number of amides is 2. The lowest BCUT2D eigenvalue weighted by Gasteiger charge is -2.22. The molecule has 142 valence electrons. The third-order valence-corrected chi connectivity index (χ3v) is 4.54. The van der Waals surface area contributed by atoms with Gasteiger partial charge in [-0.15, -0.1) is 0 Å². The molecule has 0 saturated heterocycles. The van der Waals surface area contributed by atoms with Gasteiger partial charge in [0.2, 0.25) is 5.91 Å². The van der Waals surface area contributed by atoms with Gasteiger partial charge in [-0.1, -0.05) is 25.3 Å². The van der Waals surface area contributed by atoms with Crippen LogP contribution in [0.2, 0.25) is 0 Å². The summed E-state index contributed by atoms with van der Waals surface area (Å²) in [6.07, 6.45) is 8.39. The average Bonchev–Trinajstić information content (AvgIpc) is 3.11. The minimum absolute atomic E-state index is 0.0538. The van der Waals surface area contributed by atoms with Gasteiger partial charge in [0, 0.05) is 17.9 Å². The zero-order valence-corrected chi connectivity index (χ0v) is 14.9. The second kappa shape index (κ2) is 8.48. The maximum absolute atomic E-state index is 12.3. The Balaban J connectivity index is 1.56. The molecule has 0 unspecified atom stereocenters. The van der Waals surface area contributed by atoms with E-state index >= 15 is 0 Å². The second-order valence-corrected chi connectivity index (χ2v) is 6.67. The summed E-state index contributed by atoms with van der Waals surface area (Å²) in [5, 5.41) is 18.7. The maximum Gasteiger partial charge on any atom is 0.335 e. The Hall–Kier alpha value is -3.16. The first-order valence-corrected chi connectivity index (χ1v) is 8.98. The van der Waals surface area contributed by atoms with Crippen molar-refractivity contribution >= 4 is 23.5 Å². The van der Waals surface area contributed by atoms with Gasteiger partial charge >= 0.3 is 5.97 Å². The van der Waals surface area contributed by atoms with E-state index in [1.807, 2.05) is 0 Å². The molecule has 1 fully saturated rings. The zero-order valence-electron chi connectivity index (χ0n) is 14.9. The van der Waals surface area contributed by atoms with E-state index in [4.69, 9.17) is 5.11 Å². The lowest BCUT2D eigenvalue weighted by molar-refractivity contribution is -0.122. The van der Waals surface area contributed by atoms with Crippen LogP contribution in [0, 0.1) is 0 Å². The Morgan fingerprint density at radius 2 is 1.93 bits per heavy atom. The molecular formula is C19H22N4O4. The number of carbonyl (C=O) groups excluding carboxylic acids is 2. The lowest BCUT2D eigenvalue weighted by atomic mass is 9.95. The molecular weight excluding hydrogens is 348 g/mol. The van der Waals surface area contributed by atoms with Gasteiger partial charge in [0.1, 0.15) is 6.54 Å². The molecule has 1 aromatic carbocycles. The summed E-state index contributed by atoms with van der Waals surface area (Å²) < 4.78 is 1.42. The van der Waals surface area contributed by atoms with Crippen molar-refractivity contribution < 1.29 is 19.5 Å². The standard InChI is InChI=1S/C19H22N4O4/c24-17(21-15-6-2-1-3-7-15)12-23-11-14(10-20-23)18(25)22-16-8-4-5-13(9-16)19(26)27/h4-5,8-11,15H,1-3,6-7,12H2,(H,21,24)(H,22,25)(H,26,27). The molecule has 1 aromatic heterocycles. The Labute approximate surface area is 156 Å². The van der Waals surface area contributed by atoms with Crippen LogP contribution < -0.4 is 10.6 Å². The second-order valence-electron chi connectivity index (χ2n) is 6.67. The number of benzene rings is 1. The van der Waals surface area contributed by atoms with Crippen molar-refractivity contribution in [3.63, 3.8) is 0 Å². The summed E-state index contributed by atoms with van der Waals surface area (Å²) in [7, 11) is 0. The minimum Gasteiger partial charge on any atom is -0.478 e. The number of aromatic nitrogens is 2. The van der Waals surface area contributed by atoms with E-state index in [0.29, 0.717) is 11.3 Å². The Bertz CT molecular complexity index is 840. The van der Waals surface area contributed by atoms with Crippen LogP contribution in [0.3, 0.4) is 0 Å². The molecule has 3 rings (SSSR count). The first kappa shape index (κ1) is 18.6. The number of aromatic carboxylic acids is 1. The van der Waals surface area contributed by atoms with Crippen LogP contribution in [0.15, 0.2) is 36.7 Å². The van der Waals surface area contributed by atoms with Gasteiger partial charge < -0.3 is 15.7 Å². The molecule has 0 aliphatic heterocycles. The predicted molar refractivity (Wildman–Crippen MR) is 98.6 cm³/mol. The van der Waals surface area contributed by atoms with Crippen LogP contribution in [0.1, 0.15) is 52.8 Å². The summed E-state index contributed by atoms with van der Waals surface area (Å²) >= 11 is 0. The fourth-order valence-electron chi connectivity index (χ4n) is 3.17. The SMILES string of the molecule is O=C(Cn1cc(C(=O)Nc2cccc(C(=O)O)c2)cn1)NC1CCCCC1. The largest absolute Gasteiger partial charge is 0.478 e. The Morgan fingerprint density at radius 3 is 2.67 bits per heavy atom. The normalized spacial score (nSPS) is 14.5. The smallest absolute Gasteiger partial charge is 0.335 e. The molecule has 1 aliphatic carbocycles. The van der Waals surface area contributed by atoms with Crippen molar-refractivity contribution in [3.05, 3.63) is 47.8 Å². The van der Waals surface area contributed by atoms with Crippen LogP contribution in [-0.2, 0) is 11.3 Å². The summed E-state index contributed by atoms with van der Waals surface area (Å²) in [5.74, 6) is -1.61. The fraction of sp³-hybridized carbons (Fsp3) is 0.368. The van der Waals surface area contributed by atoms with Crippen LogP contribution in [0.4, 0.5) is 5.69 Å². The summed E-state index contributed by atoms with van der Waals surface area (Å²) in [5.41, 5.74) is 0.756. The van der Waals surface area contributed by atoms with Gasteiger partial charge in [-0.3, -0.25) is 14.3 Å². The molecule has 1 saturated carbocycles. The topological polar surface area (TPSA) is 113 Å². The number of hydrogen-bond donors (Lipinski definition) is 3. The quantitative estimate of drug-likeness (QED) is 0.722. The molecule has 1 heterocycles. The van der Waals surface area contributed by atoms with Crippen molar-refractivity contribution in [2.45, 2.75) is 44.7 Å². The number of hydrogen-bond acceptors (Lipinski definition) is 4. The number of anilines is 1. The Morgan fingerprint density at radius 1 is 1.15 bits per heavy atom. The van der Waals surface area contributed by atoms with Crippen molar-refractivity contribution in [2.24, 2.45) is 0 Å². The number of rotatable bonds is 6. The number of carboxylic acids is 1. The highest BCUT2D eigenvalue weighted by molar-refractivity contribution is 6.04. The van der Waals surface area contributed by atoms with E-state index in [0.717, 1.165) is 25.7 Å². The monoisotopic (exact) mass is 370 g/mol. The molecule has 0 atom stereocenters. The molecule has 27 heavy (non-hydrogen) atoms. The molecule has 2 amide bonds. The van der Waals surface area contributed by atoms with Crippen molar-refractivity contribution in [1.29, 1.82) is 0 Å². The summed E-state index contributed by atoms with van der Waals surface area (Å²) in [6, 6.07) is 6.21. The first-order chi connectivity index (χ1) is 13.0. The molecule has 0 spiro atoms. The predicted octanol–water partition coefficient (Wildman–Crippen LogP) is 2.28. The maximum atomic E-state index is 12.3. The molecule has 0 radical (unpaired) electrons. The van der Waals surface area contributed by atoms with E-state index < -0.39 is 11.9 Å². The molecule has 8 heteroatoms. The molecule has 0 bridgehead atoms. The fourth-order valence-corrected chi connectivity index (χ4v) is 3.17. The number of nitrogens with one attached hydrogen (secondary N) is 2. The van der Waals surface area contributed by atoms with Gasteiger partial charge in [-0.25, -0.2) is 4.79 Å². The van der Waals surface area contributed by atoms with Crippen LogP contribution in [0.5, 0.6) is 0 Å². The number of nitrogens with zero attached hydrogens (tertiary/aromatic N) is 2. The number of carbonyl (C=O) groups is 3. The highest BCUT2D eigenvalue weighted by atomic mass is 16.4. The van der Waals surface area contributed by atoms with Crippen molar-refractivity contribution in [3.8, 4) is 0 Å².